The number of amides is 1. The molecule has 0 saturated carbocycles. The maximum absolute atomic E-state index is 12.1. The number of hydrogen-bond acceptors (Lipinski definition) is 4. The molecular weight excluding hydrogens is 268 g/mol. The Morgan fingerprint density at radius 1 is 1.33 bits per heavy atom. The molecule has 0 aromatic heterocycles. The Balaban J connectivity index is 2.43. The Labute approximate surface area is 129 Å². The van der Waals surface area contributed by atoms with Crippen LogP contribution in [0, 0.1) is 5.92 Å². The molecule has 1 amide bonds. The maximum atomic E-state index is 12.1. The Morgan fingerprint density at radius 3 is 2.57 bits per heavy atom. The van der Waals surface area contributed by atoms with E-state index in [1.165, 1.54) is 0 Å². The minimum Gasteiger partial charge on any atom is -0.444 e. The summed E-state index contributed by atoms with van der Waals surface area (Å²) in [4.78, 5) is 13.9. The van der Waals surface area contributed by atoms with Crippen molar-refractivity contribution in [2.24, 2.45) is 5.92 Å². The second kappa shape index (κ2) is 7.45. The van der Waals surface area contributed by atoms with Crippen molar-refractivity contribution in [2.45, 2.75) is 65.0 Å². The van der Waals surface area contributed by atoms with Gasteiger partial charge in [0.2, 0.25) is 0 Å². The molecule has 1 fully saturated rings. The lowest BCUT2D eigenvalue weighted by Crippen LogP contribution is -2.48. The van der Waals surface area contributed by atoms with Gasteiger partial charge in [0.25, 0.3) is 0 Å². The van der Waals surface area contributed by atoms with Crippen LogP contribution < -0.4 is 5.32 Å². The second-order valence-electron chi connectivity index (χ2n) is 7.67. The van der Waals surface area contributed by atoms with Crippen LogP contribution in [0.5, 0.6) is 0 Å². The molecule has 5 heteroatoms. The Bertz CT molecular complexity index is 337. The summed E-state index contributed by atoms with van der Waals surface area (Å²) in [7, 11) is 0. The molecule has 124 valence electrons. The van der Waals surface area contributed by atoms with Gasteiger partial charge in [0.05, 0.1) is 0 Å². The van der Waals surface area contributed by atoms with Crippen LogP contribution in [0.25, 0.3) is 0 Å². The summed E-state index contributed by atoms with van der Waals surface area (Å²) in [6, 6.07) is 0. The van der Waals surface area contributed by atoms with Gasteiger partial charge in [0.15, 0.2) is 0 Å². The molecule has 1 unspecified atom stereocenters. The highest BCUT2D eigenvalue weighted by Gasteiger charge is 2.28. The predicted octanol–water partition coefficient (Wildman–Crippen LogP) is 2.38. The number of carbonyl (C=O) groups is 1. The molecule has 21 heavy (non-hydrogen) atoms. The fourth-order valence-corrected chi connectivity index (χ4v) is 2.51. The van der Waals surface area contributed by atoms with Crippen LogP contribution in [-0.4, -0.2) is 53.5 Å². The zero-order valence-electron chi connectivity index (χ0n) is 14.2. The third-order valence-electron chi connectivity index (χ3n) is 3.78. The molecule has 1 aliphatic heterocycles. The summed E-state index contributed by atoms with van der Waals surface area (Å²) < 4.78 is 5.44. The van der Waals surface area contributed by atoms with E-state index in [-0.39, 0.29) is 18.2 Å². The SMILES string of the molecule is CC(C)(CCO)NCC1CCCN(C(=O)OC(C)(C)C)C1. The van der Waals surface area contributed by atoms with Crippen LogP contribution in [0.15, 0.2) is 0 Å². The molecular formula is C16H32N2O3. The molecule has 0 bridgehead atoms. The van der Waals surface area contributed by atoms with E-state index in [1.807, 2.05) is 25.7 Å². The Kier molecular flexibility index (Phi) is 6.47. The van der Waals surface area contributed by atoms with Crippen molar-refractivity contribution in [3.8, 4) is 0 Å². The van der Waals surface area contributed by atoms with Gasteiger partial charge in [0, 0.05) is 31.8 Å². The van der Waals surface area contributed by atoms with E-state index in [2.05, 4.69) is 19.2 Å². The van der Waals surface area contributed by atoms with E-state index in [4.69, 9.17) is 9.84 Å². The molecule has 1 rings (SSSR count). The lowest BCUT2D eigenvalue weighted by molar-refractivity contribution is 0.0163. The number of nitrogens with zero attached hydrogens (tertiary/aromatic N) is 1. The van der Waals surface area contributed by atoms with Crippen molar-refractivity contribution in [2.75, 3.05) is 26.2 Å². The predicted molar refractivity (Wildman–Crippen MR) is 84.3 cm³/mol. The van der Waals surface area contributed by atoms with Gasteiger partial charge in [-0.25, -0.2) is 4.79 Å². The van der Waals surface area contributed by atoms with Crippen LogP contribution in [0.3, 0.4) is 0 Å². The van der Waals surface area contributed by atoms with E-state index in [1.54, 1.807) is 0 Å². The average Bonchev–Trinajstić information content (AvgIpc) is 2.35. The summed E-state index contributed by atoms with van der Waals surface area (Å²) >= 11 is 0. The molecule has 0 spiro atoms. The number of piperidine rings is 1. The number of aliphatic hydroxyl groups excluding tert-OH is 1. The van der Waals surface area contributed by atoms with E-state index in [0.29, 0.717) is 5.92 Å². The number of nitrogens with one attached hydrogen (secondary N) is 1. The molecule has 1 saturated heterocycles. The molecule has 0 radical (unpaired) electrons. The monoisotopic (exact) mass is 300 g/mol. The molecule has 1 atom stereocenters. The van der Waals surface area contributed by atoms with Crippen molar-refractivity contribution < 1.29 is 14.6 Å². The first-order chi connectivity index (χ1) is 9.63. The van der Waals surface area contributed by atoms with E-state index in [9.17, 15) is 4.79 Å². The summed E-state index contributed by atoms with van der Waals surface area (Å²) in [5.41, 5.74) is -0.506. The summed E-state index contributed by atoms with van der Waals surface area (Å²) in [5, 5.41) is 12.6. The minimum absolute atomic E-state index is 0.0665. The average molecular weight is 300 g/mol. The van der Waals surface area contributed by atoms with E-state index < -0.39 is 5.60 Å². The van der Waals surface area contributed by atoms with E-state index in [0.717, 1.165) is 38.9 Å². The second-order valence-corrected chi connectivity index (χ2v) is 7.67. The third-order valence-corrected chi connectivity index (χ3v) is 3.78. The summed E-state index contributed by atoms with van der Waals surface area (Å²) in [5.74, 6) is 0.448. The van der Waals surface area contributed by atoms with Gasteiger partial charge in [-0.05, 0) is 59.8 Å². The van der Waals surface area contributed by atoms with Gasteiger partial charge in [0.1, 0.15) is 5.60 Å². The first-order valence-corrected chi connectivity index (χ1v) is 7.97. The molecule has 1 heterocycles. The van der Waals surface area contributed by atoms with Crippen LogP contribution >= 0.6 is 0 Å². The van der Waals surface area contributed by atoms with Crippen molar-refractivity contribution in [1.29, 1.82) is 0 Å². The standard InChI is InChI=1S/C16H32N2O3/c1-15(2,3)21-14(20)18-9-6-7-13(12-18)11-17-16(4,5)8-10-19/h13,17,19H,6-12H2,1-5H3. The zero-order chi connectivity index (χ0) is 16.1. The summed E-state index contributed by atoms with van der Waals surface area (Å²) in [6.07, 6.45) is 2.67. The highest BCUT2D eigenvalue weighted by molar-refractivity contribution is 5.68. The topological polar surface area (TPSA) is 61.8 Å². The highest BCUT2D eigenvalue weighted by atomic mass is 16.6. The van der Waals surface area contributed by atoms with Crippen molar-refractivity contribution in [3.05, 3.63) is 0 Å². The maximum Gasteiger partial charge on any atom is 0.410 e. The molecule has 1 aliphatic rings. The quantitative estimate of drug-likeness (QED) is 0.818. The largest absolute Gasteiger partial charge is 0.444 e. The number of carbonyl (C=O) groups excluding carboxylic acids is 1. The fraction of sp³-hybridized carbons (Fsp3) is 0.938. The third kappa shape index (κ3) is 7.14. The molecule has 0 aliphatic carbocycles. The molecule has 2 N–H and O–H groups in total. The highest BCUT2D eigenvalue weighted by Crippen LogP contribution is 2.20. The summed E-state index contributed by atoms with van der Waals surface area (Å²) in [6.45, 7) is 12.5. The molecule has 0 aromatic rings. The lowest BCUT2D eigenvalue weighted by atomic mass is 9.95. The van der Waals surface area contributed by atoms with Crippen LogP contribution in [0.4, 0.5) is 4.79 Å². The smallest absolute Gasteiger partial charge is 0.410 e. The van der Waals surface area contributed by atoms with Crippen molar-refractivity contribution in [3.63, 3.8) is 0 Å². The van der Waals surface area contributed by atoms with Crippen LogP contribution in [0.1, 0.15) is 53.9 Å². The van der Waals surface area contributed by atoms with Crippen molar-refractivity contribution in [1.82, 2.24) is 10.2 Å². The first kappa shape index (κ1) is 18.2. The number of likely N-dealkylation sites (tertiary alicyclic amines) is 1. The van der Waals surface area contributed by atoms with Gasteiger partial charge < -0.3 is 20.1 Å². The first-order valence-electron chi connectivity index (χ1n) is 7.97. The van der Waals surface area contributed by atoms with E-state index >= 15 is 0 Å². The Hall–Kier alpha value is -0.810. The van der Waals surface area contributed by atoms with Gasteiger partial charge >= 0.3 is 6.09 Å². The van der Waals surface area contributed by atoms with Crippen LogP contribution in [-0.2, 0) is 4.74 Å². The zero-order valence-corrected chi connectivity index (χ0v) is 14.2. The number of rotatable bonds is 5. The fourth-order valence-electron chi connectivity index (χ4n) is 2.51. The van der Waals surface area contributed by atoms with Gasteiger partial charge in [-0.1, -0.05) is 0 Å². The number of ether oxygens (including phenoxy) is 1. The van der Waals surface area contributed by atoms with Gasteiger partial charge in [-0.3, -0.25) is 0 Å². The normalized spacial score (nSPS) is 20.5. The van der Waals surface area contributed by atoms with Crippen LogP contribution in [0.2, 0.25) is 0 Å². The molecule has 5 nitrogen and oxygen atoms in total. The lowest BCUT2D eigenvalue weighted by Gasteiger charge is -2.36. The number of hydrogen-bond donors (Lipinski definition) is 2. The van der Waals surface area contributed by atoms with Crippen molar-refractivity contribution >= 4 is 6.09 Å². The number of aliphatic hydroxyl groups is 1. The Morgan fingerprint density at radius 2 is 2.00 bits per heavy atom. The minimum atomic E-state index is -0.439. The molecule has 0 aromatic carbocycles. The van der Waals surface area contributed by atoms with Gasteiger partial charge in [-0.15, -0.1) is 0 Å². The van der Waals surface area contributed by atoms with Gasteiger partial charge in [-0.2, -0.15) is 0 Å².